The van der Waals surface area contributed by atoms with Crippen molar-refractivity contribution >= 4 is 23.2 Å². The van der Waals surface area contributed by atoms with Crippen LogP contribution in [0.5, 0.6) is 0 Å². The SMILES string of the molecule is O=C(O)c1cc2c(s1)C1(CCN(C(=O)C3(Cn4cccn4)CC3)CC1)OCC2. The molecule has 148 valence electrons. The highest BCUT2D eigenvalue weighted by Crippen LogP contribution is 2.50. The molecule has 2 aliphatic heterocycles. The molecule has 1 N–H and O–H groups in total. The van der Waals surface area contributed by atoms with Crippen molar-refractivity contribution in [3.8, 4) is 0 Å². The Balaban J connectivity index is 1.31. The van der Waals surface area contributed by atoms with Crippen LogP contribution in [0, 0.1) is 5.41 Å². The number of carbonyl (C=O) groups is 2. The van der Waals surface area contributed by atoms with Crippen molar-refractivity contribution in [3.05, 3.63) is 39.8 Å². The van der Waals surface area contributed by atoms with Crippen LogP contribution in [0.4, 0.5) is 0 Å². The standard InChI is InChI=1S/C20H23N3O4S/c24-17(25)15-12-14-2-11-27-20(16(14)28-15)5-9-22(10-6-20)18(26)19(3-4-19)13-23-8-1-7-21-23/h1,7-8,12H,2-6,9-11,13H2,(H,24,25). The van der Waals surface area contributed by atoms with Crippen molar-refractivity contribution in [1.29, 1.82) is 0 Å². The number of amides is 1. The van der Waals surface area contributed by atoms with Crippen molar-refractivity contribution in [3.63, 3.8) is 0 Å². The maximum absolute atomic E-state index is 13.2. The Morgan fingerprint density at radius 3 is 2.68 bits per heavy atom. The fraction of sp³-hybridized carbons (Fsp3) is 0.550. The molecule has 1 saturated heterocycles. The van der Waals surface area contributed by atoms with E-state index in [-0.39, 0.29) is 11.3 Å². The zero-order valence-corrected chi connectivity index (χ0v) is 16.4. The number of carboxylic acid groups (broad SMARTS) is 1. The molecule has 3 aliphatic rings. The summed E-state index contributed by atoms with van der Waals surface area (Å²) in [5, 5.41) is 13.6. The van der Waals surface area contributed by atoms with Gasteiger partial charge in [0.1, 0.15) is 10.5 Å². The second-order valence-corrected chi connectivity index (χ2v) is 9.19. The Bertz CT molecular complexity index is 908. The van der Waals surface area contributed by atoms with Gasteiger partial charge in [0, 0.05) is 30.4 Å². The summed E-state index contributed by atoms with van der Waals surface area (Å²) in [7, 11) is 0. The lowest BCUT2D eigenvalue weighted by Crippen LogP contribution is -2.50. The fourth-order valence-corrected chi connectivity index (χ4v) is 5.85. The molecule has 1 saturated carbocycles. The molecular formula is C20H23N3O4S. The van der Waals surface area contributed by atoms with E-state index in [4.69, 9.17) is 4.74 Å². The molecule has 28 heavy (non-hydrogen) atoms. The van der Waals surface area contributed by atoms with E-state index in [1.165, 1.54) is 11.3 Å². The summed E-state index contributed by atoms with van der Waals surface area (Å²) < 4.78 is 8.06. The van der Waals surface area contributed by atoms with Gasteiger partial charge in [-0.3, -0.25) is 9.48 Å². The first-order valence-electron chi connectivity index (χ1n) is 9.79. The number of hydrogen-bond acceptors (Lipinski definition) is 5. The molecule has 2 aromatic heterocycles. The number of ether oxygens (including phenoxy) is 1. The summed E-state index contributed by atoms with van der Waals surface area (Å²) >= 11 is 1.34. The van der Waals surface area contributed by atoms with Crippen LogP contribution in [-0.4, -0.2) is 51.4 Å². The molecule has 0 unspecified atom stereocenters. The van der Waals surface area contributed by atoms with Gasteiger partial charge in [0.05, 0.1) is 18.6 Å². The Morgan fingerprint density at radius 2 is 2.04 bits per heavy atom. The first-order chi connectivity index (χ1) is 13.5. The third-order valence-corrected chi connectivity index (χ3v) is 7.72. The van der Waals surface area contributed by atoms with Gasteiger partial charge in [-0.2, -0.15) is 5.10 Å². The summed E-state index contributed by atoms with van der Waals surface area (Å²) in [6.07, 6.45) is 7.70. The molecule has 2 aromatic rings. The molecule has 1 aliphatic carbocycles. The lowest BCUT2D eigenvalue weighted by atomic mass is 9.84. The minimum Gasteiger partial charge on any atom is -0.477 e. The monoisotopic (exact) mass is 401 g/mol. The van der Waals surface area contributed by atoms with Crippen LogP contribution in [0.3, 0.4) is 0 Å². The molecule has 0 bridgehead atoms. The van der Waals surface area contributed by atoms with Gasteiger partial charge in [-0.1, -0.05) is 0 Å². The van der Waals surface area contributed by atoms with Gasteiger partial charge in [0.25, 0.3) is 0 Å². The van der Waals surface area contributed by atoms with Crippen molar-refractivity contribution < 1.29 is 19.4 Å². The highest BCUT2D eigenvalue weighted by molar-refractivity contribution is 7.14. The highest BCUT2D eigenvalue weighted by Gasteiger charge is 2.53. The van der Waals surface area contributed by atoms with E-state index in [2.05, 4.69) is 5.10 Å². The quantitative estimate of drug-likeness (QED) is 0.851. The van der Waals surface area contributed by atoms with Gasteiger partial charge in [0.2, 0.25) is 5.91 Å². The molecule has 5 rings (SSSR count). The molecule has 8 heteroatoms. The maximum Gasteiger partial charge on any atom is 0.345 e. The third-order valence-electron chi connectivity index (χ3n) is 6.37. The number of aromatic carboxylic acids is 1. The number of hydrogen-bond donors (Lipinski definition) is 1. The lowest BCUT2D eigenvalue weighted by molar-refractivity contribution is -0.146. The van der Waals surface area contributed by atoms with E-state index in [9.17, 15) is 14.7 Å². The van der Waals surface area contributed by atoms with Crippen LogP contribution >= 0.6 is 11.3 Å². The number of carboxylic acids is 1. The molecular weight excluding hydrogens is 378 g/mol. The summed E-state index contributed by atoms with van der Waals surface area (Å²) in [5.74, 6) is -0.650. The Labute approximate surface area is 166 Å². The topological polar surface area (TPSA) is 84.7 Å². The summed E-state index contributed by atoms with van der Waals surface area (Å²) in [6.45, 7) is 2.56. The van der Waals surface area contributed by atoms with Gasteiger partial charge >= 0.3 is 5.97 Å². The number of thiophene rings is 1. The second kappa shape index (κ2) is 6.42. The maximum atomic E-state index is 13.2. The molecule has 0 atom stereocenters. The number of rotatable bonds is 4. The number of likely N-dealkylation sites (tertiary alicyclic amines) is 1. The molecule has 4 heterocycles. The number of nitrogens with zero attached hydrogens (tertiary/aromatic N) is 3. The third kappa shape index (κ3) is 2.86. The molecule has 1 spiro atoms. The van der Waals surface area contributed by atoms with Gasteiger partial charge in [-0.25, -0.2) is 4.79 Å². The molecule has 0 aromatic carbocycles. The fourth-order valence-electron chi connectivity index (χ4n) is 4.60. The normalized spacial score (nSPS) is 22.1. The van der Waals surface area contributed by atoms with E-state index in [0.717, 1.165) is 42.5 Å². The Morgan fingerprint density at radius 1 is 1.25 bits per heavy atom. The largest absolute Gasteiger partial charge is 0.477 e. The van der Waals surface area contributed by atoms with Gasteiger partial charge < -0.3 is 14.7 Å². The number of piperidine rings is 1. The summed E-state index contributed by atoms with van der Waals surface area (Å²) in [4.78, 5) is 28.0. The van der Waals surface area contributed by atoms with Gasteiger partial charge in [-0.15, -0.1) is 11.3 Å². The molecule has 2 fully saturated rings. The van der Waals surface area contributed by atoms with Crippen LogP contribution in [0.15, 0.2) is 24.5 Å². The van der Waals surface area contributed by atoms with Crippen LogP contribution in [0.25, 0.3) is 0 Å². The van der Waals surface area contributed by atoms with E-state index in [1.54, 1.807) is 12.3 Å². The number of fused-ring (bicyclic) bond motifs is 2. The molecule has 1 amide bonds. The Hall–Kier alpha value is -2.19. The minimum absolute atomic E-state index is 0.228. The zero-order chi connectivity index (χ0) is 19.4. The van der Waals surface area contributed by atoms with E-state index >= 15 is 0 Å². The first-order valence-corrected chi connectivity index (χ1v) is 10.6. The first kappa shape index (κ1) is 17.9. The van der Waals surface area contributed by atoms with E-state index in [1.807, 2.05) is 21.8 Å². The van der Waals surface area contributed by atoms with Crippen molar-refractivity contribution in [2.24, 2.45) is 5.41 Å². The Kier molecular flexibility index (Phi) is 4.10. The number of carbonyl (C=O) groups excluding carboxylic acids is 1. The second-order valence-electron chi connectivity index (χ2n) is 8.14. The minimum atomic E-state index is -0.878. The predicted octanol–water partition coefficient (Wildman–Crippen LogP) is 2.51. The van der Waals surface area contributed by atoms with Crippen LogP contribution in [0.1, 0.15) is 45.8 Å². The van der Waals surface area contributed by atoms with Gasteiger partial charge in [0.15, 0.2) is 0 Å². The summed E-state index contributed by atoms with van der Waals surface area (Å²) in [5.41, 5.74) is 0.376. The van der Waals surface area contributed by atoms with Crippen LogP contribution in [-0.2, 0) is 28.1 Å². The van der Waals surface area contributed by atoms with E-state index in [0.29, 0.717) is 31.1 Å². The lowest BCUT2D eigenvalue weighted by Gasteiger charge is -2.44. The molecule has 0 radical (unpaired) electrons. The van der Waals surface area contributed by atoms with Crippen molar-refractivity contribution in [2.75, 3.05) is 19.7 Å². The zero-order valence-electron chi connectivity index (χ0n) is 15.6. The van der Waals surface area contributed by atoms with Crippen molar-refractivity contribution in [1.82, 2.24) is 14.7 Å². The van der Waals surface area contributed by atoms with E-state index < -0.39 is 11.6 Å². The van der Waals surface area contributed by atoms with Crippen LogP contribution < -0.4 is 0 Å². The average molecular weight is 401 g/mol. The highest BCUT2D eigenvalue weighted by atomic mass is 32.1. The van der Waals surface area contributed by atoms with Crippen molar-refractivity contribution in [2.45, 2.75) is 44.2 Å². The smallest absolute Gasteiger partial charge is 0.345 e. The number of aromatic nitrogens is 2. The predicted molar refractivity (Wildman–Crippen MR) is 102 cm³/mol. The molecule has 7 nitrogen and oxygen atoms in total. The average Bonchev–Trinajstić information content (AvgIpc) is 3.08. The van der Waals surface area contributed by atoms with Gasteiger partial charge in [-0.05, 0) is 49.8 Å². The van der Waals surface area contributed by atoms with Crippen LogP contribution in [0.2, 0.25) is 0 Å². The summed E-state index contributed by atoms with van der Waals surface area (Å²) in [6, 6.07) is 3.68.